The van der Waals surface area contributed by atoms with Crippen LogP contribution in [-0.4, -0.2) is 24.0 Å². The lowest BCUT2D eigenvalue weighted by Gasteiger charge is -2.36. The van der Waals surface area contributed by atoms with E-state index in [9.17, 15) is 0 Å². The summed E-state index contributed by atoms with van der Waals surface area (Å²) >= 11 is 0. The van der Waals surface area contributed by atoms with Crippen LogP contribution in [0.25, 0.3) is 0 Å². The largest absolute Gasteiger partial charge is 0.300 e. The van der Waals surface area contributed by atoms with Gasteiger partial charge in [0.2, 0.25) is 0 Å². The Morgan fingerprint density at radius 1 is 1.33 bits per heavy atom. The second-order valence-electron chi connectivity index (χ2n) is 4.63. The maximum absolute atomic E-state index is 2.64. The Labute approximate surface area is 77.1 Å². The average Bonchev–Trinajstić information content (AvgIpc) is 2.52. The Hall–Kier alpha value is -0.0400. The van der Waals surface area contributed by atoms with Crippen LogP contribution in [0.3, 0.4) is 0 Å². The van der Waals surface area contributed by atoms with E-state index in [2.05, 4.69) is 32.6 Å². The highest BCUT2D eigenvalue weighted by Crippen LogP contribution is 2.35. The third-order valence-corrected chi connectivity index (χ3v) is 3.58. The first-order chi connectivity index (χ1) is 5.61. The zero-order valence-electron chi connectivity index (χ0n) is 9.06. The van der Waals surface area contributed by atoms with E-state index in [4.69, 9.17) is 0 Å². The van der Waals surface area contributed by atoms with Gasteiger partial charge in [-0.25, -0.2) is 0 Å². The third kappa shape index (κ3) is 1.82. The van der Waals surface area contributed by atoms with Crippen molar-refractivity contribution in [2.24, 2.45) is 5.41 Å². The quantitative estimate of drug-likeness (QED) is 0.628. The van der Waals surface area contributed by atoms with Gasteiger partial charge in [-0.3, -0.25) is 0 Å². The van der Waals surface area contributed by atoms with Crippen LogP contribution >= 0.6 is 0 Å². The molecular weight excluding hydrogens is 146 g/mol. The molecule has 72 valence electrons. The standard InChI is InChI=1S/C11H23N/c1-5-11(3,4)10-8-7-9-12(10)6-2/h10H,5-9H2,1-4H3. The smallest absolute Gasteiger partial charge is 0.0147 e. The highest BCUT2D eigenvalue weighted by Gasteiger charge is 2.34. The molecule has 1 nitrogen and oxygen atoms in total. The molecule has 12 heavy (non-hydrogen) atoms. The van der Waals surface area contributed by atoms with Crippen molar-refractivity contribution in [2.45, 2.75) is 53.0 Å². The molecule has 0 aromatic rings. The van der Waals surface area contributed by atoms with Crippen molar-refractivity contribution in [2.75, 3.05) is 13.1 Å². The van der Waals surface area contributed by atoms with E-state index < -0.39 is 0 Å². The second kappa shape index (κ2) is 3.78. The molecule has 1 heterocycles. The fourth-order valence-corrected chi connectivity index (χ4v) is 2.33. The van der Waals surface area contributed by atoms with Gasteiger partial charge in [0.15, 0.2) is 0 Å². The van der Waals surface area contributed by atoms with Crippen molar-refractivity contribution >= 4 is 0 Å². The predicted octanol–water partition coefficient (Wildman–Crippen LogP) is 2.91. The van der Waals surface area contributed by atoms with Gasteiger partial charge in [0.1, 0.15) is 0 Å². The molecule has 1 atom stereocenters. The van der Waals surface area contributed by atoms with Crippen molar-refractivity contribution < 1.29 is 0 Å². The summed E-state index contributed by atoms with van der Waals surface area (Å²) in [7, 11) is 0. The van der Waals surface area contributed by atoms with Crippen LogP contribution < -0.4 is 0 Å². The van der Waals surface area contributed by atoms with E-state index in [0.29, 0.717) is 5.41 Å². The van der Waals surface area contributed by atoms with Crippen LogP contribution in [0.15, 0.2) is 0 Å². The Bertz CT molecular complexity index is 140. The number of hydrogen-bond acceptors (Lipinski definition) is 1. The van der Waals surface area contributed by atoms with Crippen LogP contribution in [0, 0.1) is 5.41 Å². The van der Waals surface area contributed by atoms with E-state index >= 15 is 0 Å². The van der Waals surface area contributed by atoms with Gasteiger partial charge >= 0.3 is 0 Å². The molecule has 1 heteroatoms. The van der Waals surface area contributed by atoms with Crippen molar-refractivity contribution in [3.8, 4) is 0 Å². The summed E-state index contributed by atoms with van der Waals surface area (Å²) in [6.45, 7) is 12.0. The van der Waals surface area contributed by atoms with E-state index in [0.717, 1.165) is 6.04 Å². The summed E-state index contributed by atoms with van der Waals surface area (Å²) in [5.41, 5.74) is 0.520. The Morgan fingerprint density at radius 3 is 2.50 bits per heavy atom. The molecule has 0 aliphatic carbocycles. The zero-order valence-corrected chi connectivity index (χ0v) is 9.06. The predicted molar refractivity (Wildman–Crippen MR) is 54.3 cm³/mol. The maximum atomic E-state index is 2.64. The fourth-order valence-electron chi connectivity index (χ4n) is 2.33. The molecule has 0 bridgehead atoms. The Balaban J connectivity index is 2.60. The van der Waals surface area contributed by atoms with Crippen molar-refractivity contribution in [1.82, 2.24) is 4.90 Å². The summed E-state index contributed by atoms with van der Waals surface area (Å²) in [5, 5.41) is 0. The lowest BCUT2D eigenvalue weighted by atomic mass is 9.80. The third-order valence-electron chi connectivity index (χ3n) is 3.58. The molecule has 0 amide bonds. The summed E-state index contributed by atoms with van der Waals surface area (Å²) < 4.78 is 0. The lowest BCUT2D eigenvalue weighted by molar-refractivity contribution is 0.127. The molecule has 1 aliphatic rings. The minimum Gasteiger partial charge on any atom is -0.300 e. The Kier molecular flexibility index (Phi) is 3.16. The first kappa shape index (κ1) is 10.0. The van der Waals surface area contributed by atoms with Gasteiger partial charge in [-0.15, -0.1) is 0 Å². The lowest BCUT2D eigenvalue weighted by Crippen LogP contribution is -2.40. The average molecular weight is 169 g/mol. The molecule has 1 unspecified atom stereocenters. The minimum absolute atomic E-state index is 0.520. The van der Waals surface area contributed by atoms with Gasteiger partial charge in [0, 0.05) is 6.04 Å². The minimum atomic E-state index is 0.520. The van der Waals surface area contributed by atoms with Gasteiger partial charge < -0.3 is 4.90 Å². The van der Waals surface area contributed by atoms with Gasteiger partial charge in [-0.1, -0.05) is 27.7 Å². The van der Waals surface area contributed by atoms with E-state index in [1.807, 2.05) is 0 Å². The summed E-state index contributed by atoms with van der Waals surface area (Å²) in [5.74, 6) is 0. The molecule has 1 rings (SSSR count). The number of likely N-dealkylation sites (tertiary alicyclic amines) is 1. The van der Waals surface area contributed by atoms with E-state index in [-0.39, 0.29) is 0 Å². The highest BCUT2D eigenvalue weighted by molar-refractivity contribution is 4.89. The molecule has 0 spiro atoms. The number of nitrogens with zero attached hydrogens (tertiary/aromatic N) is 1. The maximum Gasteiger partial charge on any atom is 0.0147 e. The first-order valence-electron chi connectivity index (χ1n) is 5.36. The molecule has 1 saturated heterocycles. The Morgan fingerprint density at radius 2 is 2.00 bits per heavy atom. The van der Waals surface area contributed by atoms with Crippen LogP contribution in [0.2, 0.25) is 0 Å². The van der Waals surface area contributed by atoms with Gasteiger partial charge in [-0.05, 0) is 37.8 Å². The van der Waals surface area contributed by atoms with Crippen LogP contribution in [0.5, 0.6) is 0 Å². The molecular formula is C11H23N. The number of rotatable bonds is 3. The molecule has 0 radical (unpaired) electrons. The summed E-state index contributed by atoms with van der Waals surface area (Å²) in [6.07, 6.45) is 4.12. The molecule has 0 N–H and O–H groups in total. The SMILES string of the molecule is CCN1CCCC1C(C)(C)CC. The summed E-state index contributed by atoms with van der Waals surface area (Å²) in [4.78, 5) is 2.64. The molecule has 1 aliphatic heterocycles. The van der Waals surface area contributed by atoms with Gasteiger partial charge in [0.25, 0.3) is 0 Å². The first-order valence-corrected chi connectivity index (χ1v) is 5.36. The van der Waals surface area contributed by atoms with Gasteiger partial charge in [0.05, 0.1) is 0 Å². The van der Waals surface area contributed by atoms with E-state index in [1.165, 1.54) is 32.4 Å². The van der Waals surface area contributed by atoms with Crippen molar-refractivity contribution in [1.29, 1.82) is 0 Å². The second-order valence-corrected chi connectivity index (χ2v) is 4.63. The normalized spacial score (nSPS) is 26.5. The zero-order chi connectivity index (χ0) is 9.19. The monoisotopic (exact) mass is 169 g/mol. The van der Waals surface area contributed by atoms with Crippen LogP contribution in [0.4, 0.5) is 0 Å². The number of hydrogen-bond donors (Lipinski definition) is 0. The summed E-state index contributed by atoms with van der Waals surface area (Å²) in [6, 6.07) is 0.840. The van der Waals surface area contributed by atoms with Crippen LogP contribution in [0.1, 0.15) is 47.0 Å². The highest BCUT2D eigenvalue weighted by atomic mass is 15.2. The molecule has 0 saturated carbocycles. The topological polar surface area (TPSA) is 3.24 Å². The van der Waals surface area contributed by atoms with Gasteiger partial charge in [-0.2, -0.15) is 0 Å². The molecule has 1 fully saturated rings. The van der Waals surface area contributed by atoms with Crippen LogP contribution in [-0.2, 0) is 0 Å². The van der Waals surface area contributed by atoms with Crippen molar-refractivity contribution in [3.63, 3.8) is 0 Å². The molecule has 0 aromatic carbocycles. The fraction of sp³-hybridized carbons (Fsp3) is 1.00. The molecule has 0 aromatic heterocycles. The van der Waals surface area contributed by atoms with E-state index in [1.54, 1.807) is 0 Å². The van der Waals surface area contributed by atoms with Crippen molar-refractivity contribution in [3.05, 3.63) is 0 Å².